The highest BCUT2D eigenvalue weighted by molar-refractivity contribution is 4.77. The third-order valence-electron chi connectivity index (χ3n) is 3.58. The highest BCUT2D eigenvalue weighted by atomic mass is 16.3. The smallest absolute Gasteiger partial charge is 0.0558 e. The Morgan fingerprint density at radius 3 is 2.50 bits per heavy atom. The standard InChI is InChI=1S/C14H27NO/c1-2-3-4-5-8-11-15(12-13-16)14-9-6-7-10-14/h2,14,16H,1,3-13H2. The van der Waals surface area contributed by atoms with Crippen LogP contribution in [-0.4, -0.2) is 35.7 Å². The molecule has 0 heterocycles. The quantitative estimate of drug-likeness (QED) is 0.482. The number of hydrogen-bond acceptors (Lipinski definition) is 2. The number of aliphatic hydroxyl groups excluding tert-OH is 1. The van der Waals surface area contributed by atoms with Crippen molar-refractivity contribution in [2.24, 2.45) is 0 Å². The average Bonchev–Trinajstić information content (AvgIpc) is 2.81. The molecule has 1 fully saturated rings. The molecule has 0 saturated heterocycles. The van der Waals surface area contributed by atoms with Crippen LogP contribution in [0.1, 0.15) is 51.4 Å². The second kappa shape index (κ2) is 8.77. The van der Waals surface area contributed by atoms with E-state index in [-0.39, 0.29) is 0 Å². The first-order valence-electron chi connectivity index (χ1n) is 6.84. The van der Waals surface area contributed by atoms with Crippen LogP contribution in [0.4, 0.5) is 0 Å². The Bertz CT molecular complexity index is 176. The van der Waals surface area contributed by atoms with E-state index < -0.39 is 0 Å². The third-order valence-corrected chi connectivity index (χ3v) is 3.58. The van der Waals surface area contributed by atoms with Crippen LogP contribution in [0.25, 0.3) is 0 Å². The van der Waals surface area contributed by atoms with Gasteiger partial charge in [0.25, 0.3) is 0 Å². The number of hydrogen-bond donors (Lipinski definition) is 1. The zero-order valence-corrected chi connectivity index (χ0v) is 10.5. The molecule has 1 N–H and O–H groups in total. The molecule has 0 aromatic carbocycles. The van der Waals surface area contributed by atoms with Crippen molar-refractivity contribution in [3.8, 4) is 0 Å². The Balaban J connectivity index is 2.14. The Kier molecular flexibility index (Phi) is 7.52. The first-order valence-corrected chi connectivity index (χ1v) is 6.84. The highest BCUT2D eigenvalue weighted by Crippen LogP contribution is 2.23. The van der Waals surface area contributed by atoms with Crippen LogP contribution in [0.5, 0.6) is 0 Å². The van der Waals surface area contributed by atoms with Gasteiger partial charge in [-0.15, -0.1) is 6.58 Å². The number of nitrogens with zero attached hydrogens (tertiary/aromatic N) is 1. The predicted molar refractivity (Wildman–Crippen MR) is 69.6 cm³/mol. The summed E-state index contributed by atoms with van der Waals surface area (Å²) in [6.07, 6.45) is 12.4. The Morgan fingerprint density at radius 1 is 1.12 bits per heavy atom. The molecule has 0 radical (unpaired) electrons. The van der Waals surface area contributed by atoms with Crippen molar-refractivity contribution in [1.29, 1.82) is 0 Å². The fourth-order valence-electron chi connectivity index (χ4n) is 2.66. The predicted octanol–water partition coefficient (Wildman–Crippen LogP) is 2.97. The third kappa shape index (κ3) is 5.13. The van der Waals surface area contributed by atoms with E-state index in [0.717, 1.165) is 19.0 Å². The molecule has 1 rings (SSSR count). The van der Waals surface area contributed by atoms with Crippen molar-refractivity contribution in [1.82, 2.24) is 4.90 Å². The summed E-state index contributed by atoms with van der Waals surface area (Å²) in [6.45, 7) is 6.09. The van der Waals surface area contributed by atoms with E-state index in [1.54, 1.807) is 0 Å². The van der Waals surface area contributed by atoms with Crippen molar-refractivity contribution >= 4 is 0 Å². The second-order valence-electron chi connectivity index (χ2n) is 4.84. The van der Waals surface area contributed by atoms with Crippen molar-refractivity contribution < 1.29 is 5.11 Å². The maximum atomic E-state index is 9.08. The summed E-state index contributed by atoms with van der Waals surface area (Å²) in [4.78, 5) is 2.50. The summed E-state index contributed by atoms with van der Waals surface area (Å²) in [5.74, 6) is 0. The molecule has 1 aliphatic rings. The van der Waals surface area contributed by atoms with Gasteiger partial charge in [-0.1, -0.05) is 25.3 Å². The van der Waals surface area contributed by atoms with Gasteiger partial charge >= 0.3 is 0 Å². The summed E-state index contributed by atoms with van der Waals surface area (Å²) < 4.78 is 0. The van der Waals surface area contributed by atoms with E-state index in [1.165, 1.54) is 51.5 Å². The number of unbranched alkanes of at least 4 members (excludes halogenated alkanes) is 3. The monoisotopic (exact) mass is 225 g/mol. The van der Waals surface area contributed by atoms with Crippen LogP contribution >= 0.6 is 0 Å². The lowest BCUT2D eigenvalue weighted by Gasteiger charge is -2.28. The van der Waals surface area contributed by atoms with Crippen LogP contribution in [-0.2, 0) is 0 Å². The molecule has 0 aromatic heterocycles. The Labute approximate surface area is 100 Å². The summed E-state index contributed by atoms with van der Waals surface area (Å²) in [6, 6.07) is 0.756. The summed E-state index contributed by atoms with van der Waals surface area (Å²) in [5.41, 5.74) is 0. The minimum absolute atomic E-state index is 0.309. The molecular formula is C14H27NO. The van der Waals surface area contributed by atoms with Crippen LogP contribution in [0.3, 0.4) is 0 Å². The van der Waals surface area contributed by atoms with Gasteiger partial charge in [0.1, 0.15) is 0 Å². The molecule has 94 valence electrons. The molecular weight excluding hydrogens is 198 g/mol. The van der Waals surface area contributed by atoms with Crippen molar-refractivity contribution in [2.45, 2.75) is 57.4 Å². The zero-order valence-electron chi connectivity index (χ0n) is 10.5. The number of rotatable bonds is 9. The van der Waals surface area contributed by atoms with Gasteiger partial charge in [-0.05, 0) is 38.6 Å². The first-order chi connectivity index (χ1) is 7.88. The normalized spacial score (nSPS) is 17.1. The fraction of sp³-hybridized carbons (Fsp3) is 0.857. The minimum atomic E-state index is 0.309. The molecule has 2 heteroatoms. The van der Waals surface area contributed by atoms with E-state index in [9.17, 15) is 0 Å². The van der Waals surface area contributed by atoms with E-state index >= 15 is 0 Å². The first kappa shape index (κ1) is 13.7. The van der Waals surface area contributed by atoms with Gasteiger partial charge in [0.2, 0.25) is 0 Å². The molecule has 16 heavy (non-hydrogen) atoms. The van der Waals surface area contributed by atoms with Gasteiger partial charge in [-0.2, -0.15) is 0 Å². The second-order valence-corrected chi connectivity index (χ2v) is 4.84. The lowest BCUT2D eigenvalue weighted by atomic mass is 10.1. The van der Waals surface area contributed by atoms with Crippen molar-refractivity contribution in [3.63, 3.8) is 0 Å². The minimum Gasteiger partial charge on any atom is -0.395 e. The molecule has 2 nitrogen and oxygen atoms in total. The van der Waals surface area contributed by atoms with Crippen LogP contribution in [0.2, 0.25) is 0 Å². The van der Waals surface area contributed by atoms with E-state index in [4.69, 9.17) is 5.11 Å². The Morgan fingerprint density at radius 2 is 1.88 bits per heavy atom. The maximum absolute atomic E-state index is 9.08. The van der Waals surface area contributed by atoms with Gasteiger partial charge in [0.05, 0.1) is 6.61 Å². The van der Waals surface area contributed by atoms with Crippen molar-refractivity contribution in [3.05, 3.63) is 12.7 Å². The SMILES string of the molecule is C=CCCCCCN(CCO)C1CCCC1. The molecule has 0 unspecified atom stereocenters. The number of aliphatic hydroxyl groups is 1. The maximum Gasteiger partial charge on any atom is 0.0558 e. The fourth-order valence-corrected chi connectivity index (χ4v) is 2.66. The topological polar surface area (TPSA) is 23.5 Å². The molecule has 0 aromatic rings. The largest absolute Gasteiger partial charge is 0.395 e. The molecule has 0 aliphatic heterocycles. The van der Waals surface area contributed by atoms with E-state index in [2.05, 4.69) is 11.5 Å². The van der Waals surface area contributed by atoms with E-state index in [1.807, 2.05) is 6.08 Å². The van der Waals surface area contributed by atoms with Gasteiger partial charge in [-0.25, -0.2) is 0 Å². The van der Waals surface area contributed by atoms with Crippen LogP contribution in [0, 0.1) is 0 Å². The summed E-state index contributed by atoms with van der Waals surface area (Å²) in [7, 11) is 0. The number of allylic oxidation sites excluding steroid dienone is 1. The van der Waals surface area contributed by atoms with Gasteiger partial charge in [0.15, 0.2) is 0 Å². The average molecular weight is 225 g/mol. The molecule has 1 aliphatic carbocycles. The molecule has 0 amide bonds. The van der Waals surface area contributed by atoms with Gasteiger partial charge in [0, 0.05) is 12.6 Å². The lowest BCUT2D eigenvalue weighted by Crippen LogP contribution is -2.36. The van der Waals surface area contributed by atoms with Crippen LogP contribution < -0.4 is 0 Å². The molecule has 0 spiro atoms. The molecule has 0 atom stereocenters. The van der Waals surface area contributed by atoms with Crippen LogP contribution in [0.15, 0.2) is 12.7 Å². The van der Waals surface area contributed by atoms with Gasteiger partial charge in [-0.3, -0.25) is 4.90 Å². The molecule has 1 saturated carbocycles. The van der Waals surface area contributed by atoms with Gasteiger partial charge < -0.3 is 5.11 Å². The van der Waals surface area contributed by atoms with E-state index in [0.29, 0.717) is 6.61 Å². The lowest BCUT2D eigenvalue weighted by molar-refractivity contribution is 0.149. The van der Waals surface area contributed by atoms with Crippen molar-refractivity contribution in [2.75, 3.05) is 19.7 Å². The zero-order chi connectivity index (χ0) is 11.6. The highest BCUT2D eigenvalue weighted by Gasteiger charge is 2.21. The Hall–Kier alpha value is -0.340. The molecule has 0 bridgehead atoms. The summed E-state index contributed by atoms with van der Waals surface area (Å²) in [5, 5.41) is 9.08. The summed E-state index contributed by atoms with van der Waals surface area (Å²) >= 11 is 0.